The Balaban J connectivity index is 1.92. The molecule has 0 amide bonds. The average Bonchev–Trinajstić information content (AvgIpc) is 2.97. The Morgan fingerprint density at radius 2 is 2.20 bits per heavy atom. The van der Waals surface area contributed by atoms with Crippen LogP contribution < -0.4 is 9.64 Å². The lowest BCUT2D eigenvalue weighted by molar-refractivity contribution is 0.414. The molecule has 0 saturated carbocycles. The second kappa shape index (κ2) is 5.83. The number of benzene rings is 1. The fraction of sp³-hybridized carbons (Fsp3) is 0.312. The van der Waals surface area contributed by atoms with Gasteiger partial charge in [-0.1, -0.05) is 12.1 Å². The van der Waals surface area contributed by atoms with E-state index in [4.69, 9.17) is 4.74 Å². The van der Waals surface area contributed by atoms with Crippen LogP contribution in [0, 0.1) is 0 Å². The molecule has 2 heterocycles. The number of methoxy groups -OCH3 is 1. The monoisotopic (exact) mass is 332 g/mol. The van der Waals surface area contributed by atoms with Gasteiger partial charge in [0.05, 0.1) is 25.0 Å². The molecule has 1 fully saturated rings. The van der Waals surface area contributed by atoms with Gasteiger partial charge >= 0.3 is 0 Å². The van der Waals surface area contributed by atoms with E-state index < -0.39 is 0 Å². The Labute approximate surface area is 127 Å². The minimum Gasteiger partial charge on any atom is -0.497 e. The normalized spacial score (nSPS) is 18.3. The van der Waals surface area contributed by atoms with Crippen LogP contribution in [-0.2, 0) is 0 Å². The molecule has 1 atom stereocenters. The van der Waals surface area contributed by atoms with E-state index in [2.05, 4.69) is 50.1 Å². The van der Waals surface area contributed by atoms with E-state index in [0.717, 1.165) is 16.8 Å². The van der Waals surface area contributed by atoms with Crippen molar-refractivity contribution in [3.05, 3.63) is 52.8 Å². The highest BCUT2D eigenvalue weighted by atomic mass is 79.9. The van der Waals surface area contributed by atoms with Crippen molar-refractivity contribution in [1.29, 1.82) is 0 Å². The maximum absolute atomic E-state index is 5.34. The molecule has 2 aromatic rings. The van der Waals surface area contributed by atoms with E-state index in [9.17, 15) is 0 Å². The Hall–Kier alpha value is -1.55. The summed E-state index contributed by atoms with van der Waals surface area (Å²) in [6.45, 7) is 1.07. The molecule has 4 heteroatoms. The first kappa shape index (κ1) is 13.4. The van der Waals surface area contributed by atoms with Gasteiger partial charge in [0.2, 0.25) is 0 Å². The number of anilines is 1. The summed E-state index contributed by atoms with van der Waals surface area (Å²) >= 11 is 3.50. The molecule has 1 aromatic heterocycles. The van der Waals surface area contributed by atoms with Crippen LogP contribution in [0.4, 0.5) is 5.69 Å². The van der Waals surface area contributed by atoms with Crippen LogP contribution >= 0.6 is 15.9 Å². The maximum Gasteiger partial charge on any atom is 0.119 e. The minimum absolute atomic E-state index is 0.404. The molecule has 1 aromatic carbocycles. The molecular formula is C16H17BrN2O. The first-order chi connectivity index (χ1) is 9.78. The van der Waals surface area contributed by atoms with E-state index >= 15 is 0 Å². The summed E-state index contributed by atoms with van der Waals surface area (Å²) in [4.78, 5) is 6.70. The van der Waals surface area contributed by atoms with Crippen molar-refractivity contribution in [1.82, 2.24) is 4.98 Å². The number of pyridine rings is 1. The molecule has 1 aliphatic heterocycles. The van der Waals surface area contributed by atoms with Crippen molar-refractivity contribution in [2.24, 2.45) is 0 Å². The zero-order chi connectivity index (χ0) is 13.9. The highest BCUT2D eigenvalue weighted by molar-refractivity contribution is 9.10. The van der Waals surface area contributed by atoms with Gasteiger partial charge in [0.15, 0.2) is 0 Å². The second-order valence-electron chi connectivity index (χ2n) is 4.99. The summed E-state index contributed by atoms with van der Waals surface area (Å²) in [5.74, 6) is 0.918. The van der Waals surface area contributed by atoms with Gasteiger partial charge in [0, 0.05) is 17.2 Å². The zero-order valence-corrected chi connectivity index (χ0v) is 13.0. The number of hydrogen-bond acceptors (Lipinski definition) is 3. The van der Waals surface area contributed by atoms with E-state index in [0.29, 0.717) is 6.04 Å². The number of hydrogen-bond donors (Lipinski definition) is 0. The third-order valence-electron chi connectivity index (χ3n) is 3.75. The van der Waals surface area contributed by atoms with Crippen molar-refractivity contribution >= 4 is 21.6 Å². The predicted octanol–water partition coefficient (Wildman–Crippen LogP) is 4.19. The average molecular weight is 333 g/mol. The van der Waals surface area contributed by atoms with Gasteiger partial charge in [-0.2, -0.15) is 0 Å². The molecule has 0 bridgehead atoms. The summed E-state index contributed by atoms with van der Waals surface area (Å²) in [5, 5.41) is 0. The lowest BCUT2D eigenvalue weighted by Crippen LogP contribution is -2.22. The number of aromatic nitrogens is 1. The lowest BCUT2D eigenvalue weighted by atomic mass is 10.0. The molecule has 3 nitrogen and oxygen atoms in total. The van der Waals surface area contributed by atoms with Crippen molar-refractivity contribution in [2.45, 2.75) is 18.9 Å². The Bertz CT molecular complexity index is 603. The fourth-order valence-corrected chi connectivity index (χ4v) is 3.18. The Morgan fingerprint density at radius 1 is 1.30 bits per heavy atom. The minimum atomic E-state index is 0.404. The first-order valence-electron chi connectivity index (χ1n) is 6.79. The van der Waals surface area contributed by atoms with Gasteiger partial charge in [0.1, 0.15) is 5.75 Å². The Kier molecular flexibility index (Phi) is 3.92. The number of rotatable bonds is 3. The van der Waals surface area contributed by atoms with E-state index in [1.807, 2.05) is 18.5 Å². The molecule has 0 radical (unpaired) electrons. The van der Waals surface area contributed by atoms with Crippen LogP contribution in [0.25, 0.3) is 0 Å². The molecule has 1 unspecified atom stereocenters. The van der Waals surface area contributed by atoms with E-state index in [1.165, 1.54) is 24.1 Å². The molecule has 1 aliphatic rings. The van der Waals surface area contributed by atoms with Crippen LogP contribution in [0.3, 0.4) is 0 Å². The largest absolute Gasteiger partial charge is 0.497 e. The molecule has 1 saturated heterocycles. The van der Waals surface area contributed by atoms with Crippen molar-refractivity contribution in [3.8, 4) is 5.75 Å². The lowest BCUT2D eigenvalue weighted by Gasteiger charge is -2.27. The SMILES string of the molecule is COc1cccc(C2CCCN2c2cncc(Br)c2)c1. The smallest absolute Gasteiger partial charge is 0.119 e. The quantitative estimate of drug-likeness (QED) is 0.842. The highest BCUT2D eigenvalue weighted by Crippen LogP contribution is 2.37. The van der Waals surface area contributed by atoms with Crippen molar-refractivity contribution in [2.75, 3.05) is 18.6 Å². The second-order valence-corrected chi connectivity index (χ2v) is 5.91. The highest BCUT2D eigenvalue weighted by Gasteiger charge is 2.26. The number of nitrogens with zero attached hydrogens (tertiary/aromatic N) is 2. The third kappa shape index (κ3) is 2.66. The molecule has 0 aliphatic carbocycles. The zero-order valence-electron chi connectivity index (χ0n) is 11.4. The standard InChI is InChI=1S/C16H17BrN2O/c1-20-15-5-2-4-12(8-15)16-6-3-7-19(16)14-9-13(17)10-18-11-14/h2,4-5,8-11,16H,3,6-7H2,1H3. The van der Waals surface area contributed by atoms with E-state index in [-0.39, 0.29) is 0 Å². The van der Waals surface area contributed by atoms with Gasteiger partial charge in [-0.15, -0.1) is 0 Å². The van der Waals surface area contributed by atoms with Crippen LogP contribution in [0.5, 0.6) is 5.75 Å². The maximum atomic E-state index is 5.34. The first-order valence-corrected chi connectivity index (χ1v) is 7.58. The fourth-order valence-electron chi connectivity index (χ4n) is 2.83. The number of ether oxygens (including phenoxy) is 1. The summed E-state index contributed by atoms with van der Waals surface area (Å²) in [5.41, 5.74) is 2.48. The third-order valence-corrected chi connectivity index (χ3v) is 4.19. The molecule has 3 rings (SSSR count). The van der Waals surface area contributed by atoms with Crippen LogP contribution in [0.15, 0.2) is 47.2 Å². The topological polar surface area (TPSA) is 25.4 Å². The molecule has 0 N–H and O–H groups in total. The molecule has 20 heavy (non-hydrogen) atoms. The van der Waals surface area contributed by atoms with Gasteiger partial charge in [-0.25, -0.2) is 0 Å². The van der Waals surface area contributed by atoms with Crippen LogP contribution in [0.2, 0.25) is 0 Å². The predicted molar refractivity (Wildman–Crippen MR) is 84.3 cm³/mol. The number of halogens is 1. The van der Waals surface area contributed by atoms with Crippen LogP contribution in [0.1, 0.15) is 24.4 Å². The van der Waals surface area contributed by atoms with Crippen molar-refractivity contribution < 1.29 is 4.74 Å². The Morgan fingerprint density at radius 3 is 3.00 bits per heavy atom. The van der Waals surface area contributed by atoms with Gasteiger partial charge in [-0.3, -0.25) is 4.98 Å². The summed E-state index contributed by atoms with van der Waals surface area (Å²) in [6, 6.07) is 10.9. The summed E-state index contributed by atoms with van der Waals surface area (Å²) in [7, 11) is 1.71. The molecule has 104 valence electrons. The van der Waals surface area contributed by atoms with Crippen molar-refractivity contribution in [3.63, 3.8) is 0 Å². The molecular weight excluding hydrogens is 316 g/mol. The molecule has 0 spiro atoms. The van der Waals surface area contributed by atoms with Gasteiger partial charge < -0.3 is 9.64 Å². The van der Waals surface area contributed by atoms with Gasteiger partial charge in [0.25, 0.3) is 0 Å². The van der Waals surface area contributed by atoms with Crippen LogP contribution in [-0.4, -0.2) is 18.6 Å². The van der Waals surface area contributed by atoms with E-state index in [1.54, 1.807) is 7.11 Å². The van der Waals surface area contributed by atoms with Gasteiger partial charge in [-0.05, 0) is 52.5 Å². The summed E-state index contributed by atoms with van der Waals surface area (Å²) < 4.78 is 6.36. The summed E-state index contributed by atoms with van der Waals surface area (Å²) in [6.07, 6.45) is 6.12.